The molecule has 1 saturated heterocycles. The van der Waals surface area contributed by atoms with Gasteiger partial charge < -0.3 is 5.11 Å². The van der Waals surface area contributed by atoms with E-state index in [0.717, 1.165) is 38.9 Å². The van der Waals surface area contributed by atoms with Gasteiger partial charge in [0.05, 0.1) is 5.41 Å². The fourth-order valence-electron chi connectivity index (χ4n) is 3.87. The summed E-state index contributed by atoms with van der Waals surface area (Å²) in [6, 6.07) is 10.4. The van der Waals surface area contributed by atoms with Crippen LogP contribution in [0.3, 0.4) is 0 Å². The number of rotatable bonds is 3. The van der Waals surface area contributed by atoms with Gasteiger partial charge >= 0.3 is 5.97 Å². The second kappa shape index (κ2) is 4.97. The van der Waals surface area contributed by atoms with Crippen molar-refractivity contribution in [2.45, 2.75) is 32.2 Å². The first-order valence-corrected chi connectivity index (χ1v) is 7.20. The molecular formula is C16H21NO2. The van der Waals surface area contributed by atoms with Crippen molar-refractivity contribution in [2.24, 2.45) is 11.3 Å². The van der Waals surface area contributed by atoms with Gasteiger partial charge in [-0.3, -0.25) is 9.69 Å². The van der Waals surface area contributed by atoms with Crippen LogP contribution in [0.5, 0.6) is 0 Å². The van der Waals surface area contributed by atoms with Gasteiger partial charge in [0.15, 0.2) is 0 Å². The molecular weight excluding hydrogens is 238 g/mol. The van der Waals surface area contributed by atoms with E-state index in [1.54, 1.807) is 0 Å². The lowest BCUT2D eigenvalue weighted by molar-refractivity contribution is -0.152. The summed E-state index contributed by atoms with van der Waals surface area (Å²) in [6.07, 6.45) is 4.21. The molecule has 0 amide bonds. The van der Waals surface area contributed by atoms with E-state index in [-0.39, 0.29) is 0 Å². The highest BCUT2D eigenvalue weighted by Crippen LogP contribution is 2.47. The Morgan fingerprint density at radius 2 is 2.11 bits per heavy atom. The van der Waals surface area contributed by atoms with Crippen LogP contribution in [-0.2, 0) is 11.3 Å². The number of fused-ring (bicyclic) bond motifs is 1. The van der Waals surface area contributed by atoms with Gasteiger partial charge in [0.25, 0.3) is 0 Å². The average Bonchev–Trinajstić information content (AvgIpc) is 2.79. The molecule has 2 aliphatic rings. The van der Waals surface area contributed by atoms with Crippen LogP contribution in [0.1, 0.15) is 31.2 Å². The Morgan fingerprint density at radius 1 is 1.32 bits per heavy atom. The van der Waals surface area contributed by atoms with Crippen LogP contribution in [-0.4, -0.2) is 29.1 Å². The van der Waals surface area contributed by atoms with Crippen LogP contribution in [0.2, 0.25) is 0 Å². The topological polar surface area (TPSA) is 40.5 Å². The highest BCUT2D eigenvalue weighted by atomic mass is 16.4. The molecule has 3 nitrogen and oxygen atoms in total. The van der Waals surface area contributed by atoms with E-state index in [9.17, 15) is 9.90 Å². The Hall–Kier alpha value is -1.35. The second-order valence-corrected chi connectivity index (χ2v) is 6.06. The molecule has 1 heterocycles. The van der Waals surface area contributed by atoms with Gasteiger partial charge in [-0.25, -0.2) is 0 Å². The van der Waals surface area contributed by atoms with Crippen LogP contribution in [0.15, 0.2) is 30.3 Å². The van der Waals surface area contributed by atoms with Crippen LogP contribution in [0, 0.1) is 11.3 Å². The van der Waals surface area contributed by atoms with Gasteiger partial charge in [-0.1, -0.05) is 43.2 Å². The van der Waals surface area contributed by atoms with E-state index in [1.807, 2.05) is 18.2 Å². The third-order valence-corrected chi connectivity index (χ3v) is 4.87. The Balaban J connectivity index is 1.75. The van der Waals surface area contributed by atoms with Gasteiger partial charge in [-0.15, -0.1) is 0 Å². The minimum Gasteiger partial charge on any atom is -0.481 e. The number of benzene rings is 1. The third-order valence-electron chi connectivity index (χ3n) is 4.87. The lowest BCUT2D eigenvalue weighted by Crippen LogP contribution is -2.41. The van der Waals surface area contributed by atoms with Crippen LogP contribution in [0.25, 0.3) is 0 Å². The number of aliphatic carboxylic acids is 1. The lowest BCUT2D eigenvalue weighted by Gasteiger charge is -2.34. The average molecular weight is 259 g/mol. The van der Waals surface area contributed by atoms with Crippen molar-refractivity contribution >= 4 is 5.97 Å². The molecule has 0 aromatic heterocycles. The summed E-state index contributed by atoms with van der Waals surface area (Å²) in [5.41, 5.74) is 0.814. The predicted octanol–water partition coefficient (Wildman–Crippen LogP) is 2.76. The minimum atomic E-state index is -0.576. The number of hydrogen-bond donors (Lipinski definition) is 1. The van der Waals surface area contributed by atoms with Gasteiger partial charge in [0.1, 0.15) is 0 Å². The molecule has 2 atom stereocenters. The standard InChI is InChI=1S/C16H21NO2/c18-15(19)16-9-5-4-8-14(16)11-17(12-16)10-13-6-2-1-3-7-13/h1-3,6-7,14H,4-5,8-12H2,(H,18,19)/t14-,16+/m0/s1. The molecule has 1 N–H and O–H groups in total. The molecule has 1 aliphatic heterocycles. The molecule has 2 fully saturated rings. The monoisotopic (exact) mass is 259 g/mol. The molecule has 0 bridgehead atoms. The van der Waals surface area contributed by atoms with Crippen molar-refractivity contribution < 1.29 is 9.90 Å². The molecule has 3 rings (SSSR count). The summed E-state index contributed by atoms with van der Waals surface area (Å²) < 4.78 is 0. The van der Waals surface area contributed by atoms with Gasteiger partial charge in [0.2, 0.25) is 0 Å². The molecule has 0 spiro atoms. The molecule has 3 heteroatoms. The van der Waals surface area contributed by atoms with Crippen molar-refractivity contribution in [1.29, 1.82) is 0 Å². The molecule has 19 heavy (non-hydrogen) atoms. The van der Waals surface area contributed by atoms with E-state index in [2.05, 4.69) is 17.0 Å². The van der Waals surface area contributed by atoms with E-state index < -0.39 is 11.4 Å². The Kier molecular flexibility index (Phi) is 3.31. The van der Waals surface area contributed by atoms with Crippen molar-refractivity contribution in [1.82, 2.24) is 4.90 Å². The SMILES string of the molecule is O=C(O)[C@@]12CCCC[C@H]1CN(Cc1ccccc1)C2. The Bertz CT molecular complexity index is 459. The summed E-state index contributed by atoms with van der Waals surface area (Å²) in [7, 11) is 0. The number of carboxylic acids is 1. The molecule has 102 valence electrons. The molecule has 0 unspecified atom stereocenters. The summed E-state index contributed by atoms with van der Waals surface area (Å²) in [5.74, 6) is -0.227. The molecule has 1 aromatic rings. The van der Waals surface area contributed by atoms with Crippen LogP contribution >= 0.6 is 0 Å². The zero-order valence-corrected chi connectivity index (χ0v) is 11.2. The Labute approximate surface area is 114 Å². The first-order chi connectivity index (χ1) is 9.21. The van der Waals surface area contributed by atoms with Gasteiger partial charge in [-0.05, 0) is 24.3 Å². The predicted molar refractivity (Wildman–Crippen MR) is 73.7 cm³/mol. The number of nitrogens with zero attached hydrogens (tertiary/aromatic N) is 1. The van der Waals surface area contributed by atoms with E-state index in [1.165, 1.54) is 12.0 Å². The number of carboxylic acid groups (broad SMARTS) is 1. The van der Waals surface area contributed by atoms with Gasteiger partial charge in [0, 0.05) is 19.6 Å². The number of likely N-dealkylation sites (tertiary alicyclic amines) is 1. The summed E-state index contributed by atoms with van der Waals surface area (Å²) in [5, 5.41) is 9.66. The van der Waals surface area contributed by atoms with Gasteiger partial charge in [-0.2, -0.15) is 0 Å². The summed E-state index contributed by atoms with van der Waals surface area (Å²) in [4.78, 5) is 14.1. The largest absolute Gasteiger partial charge is 0.481 e. The minimum absolute atomic E-state index is 0.350. The van der Waals surface area contributed by atoms with E-state index in [4.69, 9.17) is 0 Å². The Morgan fingerprint density at radius 3 is 2.79 bits per heavy atom. The molecule has 1 aliphatic carbocycles. The highest BCUT2D eigenvalue weighted by molar-refractivity contribution is 5.76. The van der Waals surface area contributed by atoms with Crippen LogP contribution < -0.4 is 0 Å². The number of hydrogen-bond acceptors (Lipinski definition) is 2. The van der Waals surface area contributed by atoms with Crippen molar-refractivity contribution in [2.75, 3.05) is 13.1 Å². The van der Waals surface area contributed by atoms with Crippen molar-refractivity contribution in [3.8, 4) is 0 Å². The van der Waals surface area contributed by atoms with Crippen molar-refractivity contribution in [3.05, 3.63) is 35.9 Å². The first kappa shape index (κ1) is 12.7. The fraction of sp³-hybridized carbons (Fsp3) is 0.562. The van der Waals surface area contributed by atoms with Crippen LogP contribution in [0.4, 0.5) is 0 Å². The molecule has 1 aromatic carbocycles. The third kappa shape index (κ3) is 2.27. The molecule has 0 radical (unpaired) electrons. The maximum absolute atomic E-state index is 11.7. The lowest BCUT2D eigenvalue weighted by atomic mass is 9.68. The van der Waals surface area contributed by atoms with Crippen molar-refractivity contribution in [3.63, 3.8) is 0 Å². The summed E-state index contributed by atoms with van der Waals surface area (Å²) in [6.45, 7) is 2.55. The molecule has 1 saturated carbocycles. The van der Waals surface area contributed by atoms with E-state index >= 15 is 0 Å². The zero-order chi connectivity index (χ0) is 13.3. The van der Waals surface area contributed by atoms with E-state index in [0.29, 0.717) is 5.92 Å². The smallest absolute Gasteiger partial charge is 0.311 e. The maximum atomic E-state index is 11.7. The number of carbonyl (C=O) groups is 1. The maximum Gasteiger partial charge on any atom is 0.311 e. The normalized spacial score (nSPS) is 31.1. The second-order valence-electron chi connectivity index (χ2n) is 6.06. The zero-order valence-electron chi connectivity index (χ0n) is 11.2. The first-order valence-electron chi connectivity index (χ1n) is 7.20. The fourth-order valence-corrected chi connectivity index (χ4v) is 3.87. The quantitative estimate of drug-likeness (QED) is 0.907. The summed E-state index contributed by atoms with van der Waals surface area (Å²) >= 11 is 0. The highest BCUT2D eigenvalue weighted by Gasteiger charge is 2.52.